The molecule has 0 aliphatic carbocycles. The number of quaternary nitrogens is 1. The van der Waals surface area contributed by atoms with E-state index in [1.54, 1.807) is 48.7 Å². The largest absolute Gasteiger partial charge is 0.463 e. The molecule has 14 nitrogen and oxygen atoms in total. The number of nitrogens with one attached hydrogen (secondary N) is 2. The molecule has 2 amide bonds. The second-order valence-corrected chi connectivity index (χ2v) is 17.2. The quantitative estimate of drug-likeness (QED) is 0.0171. The molecule has 0 aromatic carbocycles. The molecule has 0 saturated heterocycles. The number of nitrogens with zero attached hydrogens (tertiary/aromatic N) is 1. The number of thiol groups is 2. The topological polar surface area (TPSA) is 195 Å². The molecule has 0 aliphatic heterocycles. The van der Waals surface area contributed by atoms with E-state index in [4.69, 9.17) is 18.9 Å². The fraction of sp³-hybridized carbons (Fsp3) is 0.879. The zero-order chi connectivity index (χ0) is 38.7. The lowest BCUT2D eigenvalue weighted by Crippen LogP contribution is -2.47. The summed E-state index contributed by atoms with van der Waals surface area (Å²) in [6.07, 6.45) is 4.59. The van der Waals surface area contributed by atoms with Gasteiger partial charge in [-0.25, -0.2) is 4.84 Å². The van der Waals surface area contributed by atoms with E-state index in [1.807, 2.05) is 0 Å². The van der Waals surface area contributed by atoms with Crippen LogP contribution in [0.4, 0.5) is 0 Å². The third kappa shape index (κ3) is 20.4. The van der Waals surface area contributed by atoms with E-state index in [0.717, 1.165) is 25.0 Å². The molecule has 50 heavy (non-hydrogen) atoms. The first-order chi connectivity index (χ1) is 23.1. The van der Waals surface area contributed by atoms with Gasteiger partial charge in [0.25, 0.3) is 10.1 Å². The van der Waals surface area contributed by atoms with Gasteiger partial charge >= 0.3 is 11.9 Å². The lowest BCUT2D eigenvalue weighted by Gasteiger charge is -2.40. The highest BCUT2D eigenvalue weighted by molar-refractivity contribution is 7.85. The van der Waals surface area contributed by atoms with Crippen molar-refractivity contribution in [2.75, 3.05) is 71.7 Å². The number of hydroxylamine groups is 3. The maximum Gasteiger partial charge on any atom is 0.311 e. The average molecular weight is 775 g/mol. The van der Waals surface area contributed by atoms with Crippen LogP contribution in [0, 0.1) is 16.2 Å². The fourth-order valence-electron chi connectivity index (χ4n) is 5.69. The third-order valence-corrected chi connectivity index (χ3v) is 10.0. The first-order valence-corrected chi connectivity index (χ1v) is 20.0. The predicted octanol–water partition coefficient (Wildman–Crippen LogP) is 2.99. The molecule has 0 spiro atoms. The first kappa shape index (κ1) is 48.4. The molecular weight excluding hydrogens is 711 g/mol. The molecular formula is C33H64N3O11S3+. The van der Waals surface area contributed by atoms with Gasteiger partial charge in [0, 0.05) is 30.1 Å². The van der Waals surface area contributed by atoms with E-state index in [2.05, 4.69) is 35.9 Å². The number of aliphatic hydroxyl groups excluding tert-OH is 1. The second kappa shape index (κ2) is 23.1. The van der Waals surface area contributed by atoms with Crippen molar-refractivity contribution < 1.29 is 56.2 Å². The molecule has 0 aromatic heterocycles. The van der Waals surface area contributed by atoms with Crippen molar-refractivity contribution in [3.05, 3.63) is 0 Å². The molecule has 0 aliphatic rings. The molecule has 0 aromatic rings. The Hall–Kier alpha value is -1.63. The lowest BCUT2D eigenvalue weighted by atomic mass is 9.65. The molecule has 0 bridgehead atoms. The normalized spacial score (nSPS) is 15.3. The van der Waals surface area contributed by atoms with Crippen molar-refractivity contribution in [3.8, 4) is 0 Å². The van der Waals surface area contributed by atoms with E-state index < -0.39 is 44.1 Å². The van der Waals surface area contributed by atoms with Gasteiger partial charge in [0.1, 0.15) is 32.1 Å². The molecule has 0 rings (SSSR count). The molecule has 0 heterocycles. The fourth-order valence-corrected chi connectivity index (χ4v) is 6.80. The van der Waals surface area contributed by atoms with E-state index >= 15 is 0 Å². The number of esters is 2. The van der Waals surface area contributed by atoms with Gasteiger partial charge in [0.05, 0.1) is 38.1 Å². The van der Waals surface area contributed by atoms with Crippen LogP contribution >= 0.6 is 25.3 Å². The Morgan fingerprint density at radius 1 is 0.860 bits per heavy atom. The van der Waals surface area contributed by atoms with Gasteiger partial charge in [0.2, 0.25) is 11.8 Å². The van der Waals surface area contributed by atoms with E-state index in [-0.39, 0.29) is 74.1 Å². The van der Waals surface area contributed by atoms with Crippen molar-refractivity contribution in [1.29, 1.82) is 0 Å². The van der Waals surface area contributed by atoms with Gasteiger partial charge in [-0.05, 0) is 58.1 Å². The van der Waals surface area contributed by atoms with E-state index in [9.17, 15) is 32.7 Å². The van der Waals surface area contributed by atoms with Crippen molar-refractivity contribution >= 4 is 59.1 Å². The van der Waals surface area contributed by atoms with Crippen LogP contribution in [0.5, 0.6) is 0 Å². The number of unbranched alkanes of at least 4 members (excludes halogenated alkanes) is 1. The number of ether oxygens (including phenoxy) is 2. The lowest BCUT2D eigenvalue weighted by molar-refractivity contribution is -1.08. The summed E-state index contributed by atoms with van der Waals surface area (Å²) >= 11 is 8.72. The molecule has 17 heteroatoms. The highest BCUT2D eigenvalue weighted by atomic mass is 32.2. The molecule has 0 fully saturated rings. The summed E-state index contributed by atoms with van der Waals surface area (Å²) in [6, 6.07) is 0. The molecule has 3 atom stereocenters. The average Bonchev–Trinajstić information content (AvgIpc) is 3.00. The smallest absolute Gasteiger partial charge is 0.311 e. The summed E-state index contributed by atoms with van der Waals surface area (Å²) < 4.78 is 41.7. The van der Waals surface area contributed by atoms with Crippen molar-refractivity contribution in [2.45, 2.75) is 97.7 Å². The van der Waals surface area contributed by atoms with Crippen LogP contribution in [0.25, 0.3) is 0 Å². The number of amides is 2. The van der Waals surface area contributed by atoms with Crippen LogP contribution in [-0.2, 0) is 43.6 Å². The Balaban J connectivity index is 5.48. The van der Waals surface area contributed by atoms with Gasteiger partial charge in [-0.2, -0.15) is 38.3 Å². The van der Waals surface area contributed by atoms with Crippen molar-refractivity contribution in [2.24, 2.45) is 16.2 Å². The molecule has 0 radical (unpaired) electrons. The Morgan fingerprint density at radius 3 is 2.06 bits per heavy atom. The van der Waals surface area contributed by atoms with Gasteiger partial charge in [0.15, 0.2) is 0 Å². The maximum absolute atomic E-state index is 13.7. The van der Waals surface area contributed by atoms with E-state index in [1.165, 1.54) is 0 Å². The first-order valence-electron chi connectivity index (χ1n) is 17.3. The Bertz CT molecular complexity index is 1170. The summed E-state index contributed by atoms with van der Waals surface area (Å²) in [5, 5.41) is 15.1. The Morgan fingerprint density at radius 2 is 1.48 bits per heavy atom. The minimum absolute atomic E-state index is 0.00827. The zero-order valence-electron chi connectivity index (χ0n) is 31.1. The molecule has 0 saturated carbocycles. The molecule has 3 unspecified atom stereocenters. The van der Waals surface area contributed by atoms with Crippen LogP contribution in [0.2, 0.25) is 0 Å². The van der Waals surface area contributed by atoms with Crippen molar-refractivity contribution in [1.82, 2.24) is 10.6 Å². The van der Waals surface area contributed by atoms with Crippen LogP contribution in [0.15, 0.2) is 0 Å². The number of rotatable bonds is 28. The van der Waals surface area contributed by atoms with Gasteiger partial charge < -0.3 is 25.2 Å². The highest BCUT2D eigenvalue weighted by Gasteiger charge is 2.49. The third-order valence-electron chi connectivity index (χ3n) is 8.57. The minimum atomic E-state index is -4.14. The summed E-state index contributed by atoms with van der Waals surface area (Å²) in [5.41, 5.74) is -3.52. The van der Waals surface area contributed by atoms with Gasteiger partial charge in [-0.1, -0.05) is 27.2 Å². The van der Waals surface area contributed by atoms with E-state index in [0.29, 0.717) is 32.2 Å². The van der Waals surface area contributed by atoms with Crippen molar-refractivity contribution in [3.63, 3.8) is 0 Å². The van der Waals surface area contributed by atoms with Crippen LogP contribution in [0.3, 0.4) is 0 Å². The SMILES string of the molecule is CCC(C)(CC(C)(CC(C)(C)C(=O)NCCC[N+](C)(C)OCCS(=O)(=O)O)C(=O)OCCNC(=O)CCCCC(S)CCS)C(=O)OCCO. The zero-order valence-corrected chi connectivity index (χ0v) is 33.7. The van der Waals surface area contributed by atoms with Crippen LogP contribution < -0.4 is 10.6 Å². The van der Waals surface area contributed by atoms with Crippen LogP contribution in [-0.4, -0.2) is 123 Å². The second-order valence-electron chi connectivity index (χ2n) is 14.5. The highest BCUT2D eigenvalue weighted by Crippen LogP contribution is 2.45. The summed E-state index contributed by atoms with van der Waals surface area (Å²) in [7, 11) is -0.698. The number of carbonyl (C=O) groups excluding carboxylic acids is 4. The van der Waals surface area contributed by atoms with Gasteiger partial charge in [-0.3, -0.25) is 23.7 Å². The molecule has 4 N–H and O–H groups in total. The number of carbonyl (C=O) groups is 4. The Labute approximate surface area is 310 Å². The Kier molecular flexibility index (Phi) is 22.4. The maximum atomic E-state index is 13.7. The predicted molar refractivity (Wildman–Crippen MR) is 198 cm³/mol. The monoisotopic (exact) mass is 774 g/mol. The summed E-state index contributed by atoms with van der Waals surface area (Å²) in [6.45, 7) is 8.54. The standard InChI is InChI=1S/C33H63N3O11S3/c1-8-32(4,29(40)46-20-18-37)25-33(5,30(41)45-19-16-34-27(38)13-10-9-12-26(49)14-22-48)24-31(2,3)28(39)35-15-11-17-36(6,7)47-21-23-50(42,43)44/h26,37H,8-25H2,1-7H3,(H4-,34,35,38,39,42,43,44,48,49)/p+1. The molecule has 294 valence electrons. The number of hydrogen-bond acceptors (Lipinski definition) is 12. The summed E-state index contributed by atoms with van der Waals surface area (Å²) in [5.74, 6) is -1.42. The summed E-state index contributed by atoms with van der Waals surface area (Å²) in [4.78, 5) is 58.1. The van der Waals surface area contributed by atoms with Crippen LogP contribution in [0.1, 0.15) is 92.4 Å². The number of hydrogen-bond donors (Lipinski definition) is 6. The van der Waals surface area contributed by atoms with Gasteiger partial charge in [-0.15, -0.1) is 0 Å². The minimum Gasteiger partial charge on any atom is -0.463 e. The number of aliphatic hydroxyl groups is 1.